The fourth-order valence-corrected chi connectivity index (χ4v) is 2.04. The van der Waals surface area contributed by atoms with E-state index in [2.05, 4.69) is 15.6 Å². The monoisotopic (exact) mass is 481 g/mol. The van der Waals surface area contributed by atoms with Crippen molar-refractivity contribution < 1.29 is 18.7 Å². The summed E-state index contributed by atoms with van der Waals surface area (Å²) in [7, 11) is 1.65. The van der Waals surface area contributed by atoms with E-state index in [4.69, 9.17) is 9.47 Å². The van der Waals surface area contributed by atoms with Crippen LogP contribution in [0.3, 0.4) is 0 Å². The van der Waals surface area contributed by atoms with Crippen LogP contribution in [0.4, 0.5) is 4.39 Å². The molecule has 0 aliphatic rings. The molecule has 0 spiro atoms. The Balaban J connectivity index is 0.00000625. The number of nitrogens with one attached hydrogen (secondary N) is 2. The molecule has 0 aliphatic heterocycles. The number of ether oxygens (including phenoxy) is 2. The van der Waals surface area contributed by atoms with Crippen molar-refractivity contribution in [2.24, 2.45) is 4.99 Å². The highest BCUT2D eigenvalue weighted by atomic mass is 127. The second-order valence-corrected chi connectivity index (χ2v) is 5.77. The quantitative estimate of drug-likeness (QED) is 0.246. The number of esters is 1. The summed E-state index contributed by atoms with van der Waals surface area (Å²) >= 11 is 0. The van der Waals surface area contributed by atoms with Gasteiger partial charge in [-0.25, -0.2) is 4.39 Å². The summed E-state index contributed by atoms with van der Waals surface area (Å²) in [5.41, 5.74) is 0. The van der Waals surface area contributed by atoms with Crippen LogP contribution >= 0.6 is 24.0 Å². The molecule has 0 amide bonds. The fraction of sp³-hybridized carbons (Fsp3) is 0.556. The van der Waals surface area contributed by atoms with E-state index in [-0.39, 0.29) is 54.4 Å². The van der Waals surface area contributed by atoms with Crippen LogP contribution in [0.25, 0.3) is 0 Å². The molecule has 0 heterocycles. The number of nitrogens with zero attached hydrogens (tertiary/aromatic N) is 1. The van der Waals surface area contributed by atoms with Crippen LogP contribution in [0, 0.1) is 5.82 Å². The molecule has 1 aromatic rings. The van der Waals surface area contributed by atoms with Gasteiger partial charge < -0.3 is 20.1 Å². The van der Waals surface area contributed by atoms with E-state index in [1.54, 1.807) is 19.2 Å². The molecule has 1 unspecified atom stereocenters. The summed E-state index contributed by atoms with van der Waals surface area (Å²) < 4.78 is 24.0. The highest BCUT2D eigenvalue weighted by Crippen LogP contribution is 2.14. The van der Waals surface area contributed by atoms with Gasteiger partial charge in [0.25, 0.3) is 0 Å². The number of hydrogen-bond donors (Lipinski definition) is 2. The molecule has 1 atom stereocenters. The zero-order chi connectivity index (χ0) is 18.7. The van der Waals surface area contributed by atoms with Crippen molar-refractivity contribution in [3.63, 3.8) is 0 Å². The number of guanidine groups is 1. The number of carbonyl (C=O) groups is 1. The van der Waals surface area contributed by atoms with Crippen molar-refractivity contribution in [3.05, 3.63) is 30.1 Å². The lowest BCUT2D eigenvalue weighted by molar-refractivity contribution is -0.147. The zero-order valence-corrected chi connectivity index (χ0v) is 18.1. The van der Waals surface area contributed by atoms with Crippen LogP contribution in [0.15, 0.2) is 29.3 Å². The maximum absolute atomic E-state index is 13.2. The Morgan fingerprint density at radius 2 is 2.04 bits per heavy atom. The van der Waals surface area contributed by atoms with Crippen molar-refractivity contribution in [3.8, 4) is 5.75 Å². The van der Waals surface area contributed by atoms with Crippen LogP contribution in [-0.2, 0) is 9.53 Å². The van der Waals surface area contributed by atoms with Crippen LogP contribution in [0.2, 0.25) is 0 Å². The molecule has 0 saturated heterocycles. The van der Waals surface area contributed by atoms with Gasteiger partial charge >= 0.3 is 5.97 Å². The minimum Gasteiger partial charge on any atom is -0.489 e. The first-order valence-corrected chi connectivity index (χ1v) is 8.50. The van der Waals surface area contributed by atoms with Crippen LogP contribution in [0.5, 0.6) is 5.75 Å². The van der Waals surface area contributed by atoms with E-state index >= 15 is 0 Å². The average molecular weight is 481 g/mol. The number of rotatable bonds is 9. The molecule has 0 saturated carbocycles. The fourth-order valence-electron chi connectivity index (χ4n) is 2.04. The number of halogens is 2. The van der Waals surface area contributed by atoms with Gasteiger partial charge in [0.05, 0.1) is 19.1 Å². The number of hydrogen-bond acceptors (Lipinski definition) is 4. The van der Waals surface area contributed by atoms with Gasteiger partial charge in [-0.15, -0.1) is 24.0 Å². The predicted octanol–water partition coefficient (Wildman–Crippen LogP) is 3.11. The second-order valence-electron chi connectivity index (χ2n) is 5.77. The molecule has 26 heavy (non-hydrogen) atoms. The summed E-state index contributed by atoms with van der Waals surface area (Å²) in [5.74, 6) is 0.483. The largest absolute Gasteiger partial charge is 0.489 e. The lowest BCUT2D eigenvalue weighted by Gasteiger charge is -2.20. The molecule has 0 fully saturated rings. The van der Waals surface area contributed by atoms with E-state index in [9.17, 15) is 9.18 Å². The van der Waals surface area contributed by atoms with Gasteiger partial charge in [-0.1, -0.05) is 13.0 Å². The van der Waals surface area contributed by atoms with Gasteiger partial charge in [-0.3, -0.25) is 9.79 Å². The minimum atomic E-state index is -0.328. The lowest BCUT2D eigenvalue weighted by atomic mass is 10.2. The van der Waals surface area contributed by atoms with E-state index in [1.807, 2.05) is 20.8 Å². The molecule has 0 radical (unpaired) electrons. The van der Waals surface area contributed by atoms with E-state index < -0.39 is 0 Å². The Labute approximate surface area is 172 Å². The first kappa shape index (κ1) is 24.4. The summed E-state index contributed by atoms with van der Waals surface area (Å²) in [6.07, 6.45) is 0.762. The van der Waals surface area contributed by atoms with Crippen LogP contribution in [0.1, 0.15) is 33.6 Å². The number of carbonyl (C=O) groups excluding carboxylic acids is 1. The normalized spacial score (nSPS) is 12.2. The Hall–Kier alpha value is -1.58. The van der Waals surface area contributed by atoms with E-state index in [0.717, 1.165) is 6.42 Å². The third-order valence-corrected chi connectivity index (χ3v) is 3.26. The molecule has 0 aliphatic carbocycles. The molecule has 0 bridgehead atoms. The smallest absolute Gasteiger partial charge is 0.307 e. The van der Waals surface area contributed by atoms with Gasteiger partial charge in [0.2, 0.25) is 0 Å². The van der Waals surface area contributed by atoms with Crippen molar-refractivity contribution in [1.82, 2.24) is 10.6 Å². The predicted molar refractivity (Wildman–Crippen MR) is 112 cm³/mol. The first-order chi connectivity index (χ1) is 11.9. The SMILES string of the molecule is CCC(CNC(=NC)NCCC(=O)OC(C)C)Oc1cccc(F)c1.I. The highest BCUT2D eigenvalue weighted by molar-refractivity contribution is 14.0. The van der Waals surface area contributed by atoms with Crippen molar-refractivity contribution in [2.75, 3.05) is 20.1 Å². The van der Waals surface area contributed by atoms with Crippen LogP contribution in [-0.4, -0.2) is 44.3 Å². The van der Waals surface area contributed by atoms with Gasteiger partial charge in [-0.05, 0) is 32.4 Å². The summed E-state index contributed by atoms with van der Waals surface area (Å²) in [4.78, 5) is 15.6. The molecule has 1 rings (SSSR count). The lowest BCUT2D eigenvalue weighted by Crippen LogP contribution is -2.43. The average Bonchev–Trinajstić information content (AvgIpc) is 2.56. The maximum Gasteiger partial charge on any atom is 0.307 e. The van der Waals surface area contributed by atoms with Gasteiger partial charge in [0.15, 0.2) is 5.96 Å². The van der Waals surface area contributed by atoms with Gasteiger partial charge in [0.1, 0.15) is 17.7 Å². The molecule has 2 N–H and O–H groups in total. The van der Waals surface area contributed by atoms with Crippen molar-refractivity contribution in [2.45, 2.75) is 45.8 Å². The first-order valence-electron chi connectivity index (χ1n) is 8.50. The molecular weight excluding hydrogens is 452 g/mol. The molecule has 1 aromatic carbocycles. The zero-order valence-electron chi connectivity index (χ0n) is 15.8. The summed E-state index contributed by atoms with van der Waals surface area (Å²) in [5, 5.41) is 6.19. The Kier molecular flexibility index (Phi) is 12.8. The number of benzene rings is 1. The Morgan fingerprint density at radius 1 is 1.31 bits per heavy atom. The second kappa shape index (κ2) is 13.6. The highest BCUT2D eigenvalue weighted by Gasteiger charge is 2.10. The molecule has 0 aromatic heterocycles. The summed E-state index contributed by atoms with van der Waals surface area (Å²) in [6, 6.07) is 6.07. The maximum atomic E-state index is 13.2. The topological polar surface area (TPSA) is 72.0 Å². The minimum absolute atomic E-state index is 0. The number of aliphatic imine (C=N–C) groups is 1. The standard InChI is InChI=1S/C18H28FN3O3.HI/c1-5-15(25-16-8-6-7-14(19)11-16)12-22-18(20-4)21-10-9-17(23)24-13(2)3;/h6-8,11,13,15H,5,9-10,12H2,1-4H3,(H2,20,21,22);1H. The van der Waals surface area contributed by atoms with E-state index in [0.29, 0.717) is 24.8 Å². The third kappa shape index (κ3) is 10.4. The van der Waals surface area contributed by atoms with Crippen molar-refractivity contribution in [1.29, 1.82) is 0 Å². The molecular formula is C18H29FIN3O3. The van der Waals surface area contributed by atoms with E-state index in [1.165, 1.54) is 12.1 Å². The van der Waals surface area contributed by atoms with Gasteiger partial charge in [0, 0.05) is 19.7 Å². The Morgan fingerprint density at radius 3 is 2.62 bits per heavy atom. The third-order valence-electron chi connectivity index (χ3n) is 3.26. The van der Waals surface area contributed by atoms with Crippen molar-refractivity contribution >= 4 is 35.9 Å². The molecule has 6 nitrogen and oxygen atoms in total. The molecule has 8 heteroatoms. The Bertz CT molecular complexity index is 570. The molecule has 148 valence electrons. The summed E-state index contributed by atoms with van der Waals surface area (Å²) in [6.45, 7) is 6.55. The van der Waals surface area contributed by atoms with Crippen LogP contribution < -0.4 is 15.4 Å². The van der Waals surface area contributed by atoms with Gasteiger partial charge in [-0.2, -0.15) is 0 Å².